The van der Waals surface area contributed by atoms with Crippen molar-refractivity contribution in [2.24, 2.45) is 0 Å². The zero-order valence-electron chi connectivity index (χ0n) is 20.7. The Balaban J connectivity index is 1.69. The molecule has 10 nitrogen and oxygen atoms in total. The summed E-state index contributed by atoms with van der Waals surface area (Å²) in [5.41, 5.74) is 8.84. The Hall–Kier alpha value is -3.34. The molecule has 1 aliphatic rings. The largest absolute Gasteiger partial charge is 0.444 e. The maximum absolute atomic E-state index is 12.7. The summed E-state index contributed by atoms with van der Waals surface area (Å²) in [5.74, 6) is 0.344. The number of anilines is 2. The molecule has 0 unspecified atom stereocenters. The number of carbonyl (C=O) groups excluding carboxylic acids is 1. The van der Waals surface area contributed by atoms with Crippen LogP contribution in [0.4, 0.5) is 16.3 Å². The number of sulfone groups is 1. The van der Waals surface area contributed by atoms with Gasteiger partial charge in [0.05, 0.1) is 22.3 Å². The van der Waals surface area contributed by atoms with Gasteiger partial charge in [0.15, 0.2) is 15.7 Å². The second-order valence-corrected chi connectivity index (χ2v) is 12.0. The standard InChI is InChI=1S/C24H32N6O4S/c1-24(2,3)34-23(31)28(4)17-7-6-12-29(14-17)20-13-19(30-21(20)22(25)26-15-27-30)16-8-10-18(11-9-16)35(5,32)33/h8-11,13,15,17H,6-7,12,14H2,1-5H3,(H2,25,26,27)/t17-/m1/s1. The van der Waals surface area contributed by atoms with E-state index in [9.17, 15) is 13.2 Å². The molecule has 188 valence electrons. The lowest BCUT2D eigenvalue weighted by Gasteiger charge is -2.38. The third-order valence-electron chi connectivity index (χ3n) is 6.11. The van der Waals surface area contributed by atoms with Crippen molar-refractivity contribution in [3.8, 4) is 11.3 Å². The smallest absolute Gasteiger partial charge is 0.410 e. The zero-order valence-corrected chi connectivity index (χ0v) is 21.5. The first kappa shape index (κ1) is 24.8. The molecular formula is C24H32N6O4S. The van der Waals surface area contributed by atoms with Gasteiger partial charge in [-0.3, -0.25) is 0 Å². The molecule has 0 aliphatic carbocycles. The number of likely N-dealkylation sites (N-methyl/N-ethyl adjacent to an activating group) is 1. The molecule has 1 atom stereocenters. The van der Waals surface area contributed by atoms with Crippen LogP contribution in [0.3, 0.4) is 0 Å². The van der Waals surface area contributed by atoms with Gasteiger partial charge >= 0.3 is 6.09 Å². The summed E-state index contributed by atoms with van der Waals surface area (Å²) in [6, 6.07) is 8.65. The predicted octanol–water partition coefficient (Wildman–Crippen LogP) is 3.22. The van der Waals surface area contributed by atoms with Crippen LogP contribution in [-0.2, 0) is 14.6 Å². The number of piperidine rings is 1. The minimum Gasteiger partial charge on any atom is -0.444 e. The summed E-state index contributed by atoms with van der Waals surface area (Å²) >= 11 is 0. The van der Waals surface area contributed by atoms with Crippen LogP contribution in [0.25, 0.3) is 16.8 Å². The van der Waals surface area contributed by atoms with Gasteiger partial charge in [-0.2, -0.15) is 5.10 Å². The SMILES string of the molecule is CN(C(=O)OC(C)(C)C)[C@@H]1CCCN(c2cc(-c3ccc(S(C)(=O)=O)cc3)n3ncnc(N)c23)C1. The van der Waals surface area contributed by atoms with Crippen molar-refractivity contribution in [3.63, 3.8) is 0 Å². The first-order chi connectivity index (χ1) is 16.3. The molecule has 1 amide bonds. The molecule has 2 aromatic heterocycles. The van der Waals surface area contributed by atoms with Crippen molar-refractivity contribution in [2.45, 2.75) is 50.2 Å². The lowest BCUT2D eigenvalue weighted by Crippen LogP contribution is -2.49. The lowest BCUT2D eigenvalue weighted by molar-refractivity contribution is 0.0210. The molecule has 0 bridgehead atoms. The number of ether oxygens (including phenoxy) is 1. The van der Waals surface area contributed by atoms with Crippen molar-refractivity contribution in [3.05, 3.63) is 36.7 Å². The Kier molecular flexibility index (Phi) is 6.39. The van der Waals surface area contributed by atoms with E-state index in [1.54, 1.807) is 40.7 Å². The van der Waals surface area contributed by atoms with Crippen LogP contribution in [0.1, 0.15) is 33.6 Å². The van der Waals surface area contributed by atoms with Gasteiger partial charge in [-0.15, -0.1) is 0 Å². The number of aromatic nitrogens is 3. The molecule has 35 heavy (non-hydrogen) atoms. The van der Waals surface area contributed by atoms with E-state index >= 15 is 0 Å². The van der Waals surface area contributed by atoms with Crippen LogP contribution in [0.5, 0.6) is 0 Å². The van der Waals surface area contributed by atoms with Gasteiger partial charge < -0.3 is 20.3 Å². The van der Waals surface area contributed by atoms with E-state index < -0.39 is 15.4 Å². The number of carbonyl (C=O) groups is 1. The quantitative estimate of drug-likeness (QED) is 0.579. The van der Waals surface area contributed by atoms with Gasteiger partial charge in [0.25, 0.3) is 0 Å². The van der Waals surface area contributed by atoms with Crippen molar-refractivity contribution < 1.29 is 17.9 Å². The summed E-state index contributed by atoms with van der Waals surface area (Å²) in [7, 11) is -1.53. The van der Waals surface area contributed by atoms with E-state index in [1.807, 2.05) is 26.8 Å². The first-order valence-electron chi connectivity index (χ1n) is 11.5. The van der Waals surface area contributed by atoms with E-state index in [0.29, 0.717) is 17.9 Å². The van der Waals surface area contributed by atoms with Gasteiger partial charge in [0, 0.05) is 32.0 Å². The number of benzene rings is 1. The van der Waals surface area contributed by atoms with Gasteiger partial charge in [-0.05, 0) is 51.8 Å². The lowest BCUT2D eigenvalue weighted by atomic mass is 10.0. The highest BCUT2D eigenvalue weighted by atomic mass is 32.2. The predicted molar refractivity (Wildman–Crippen MR) is 135 cm³/mol. The third kappa shape index (κ3) is 5.19. The van der Waals surface area contributed by atoms with Gasteiger partial charge in [0.1, 0.15) is 17.4 Å². The highest BCUT2D eigenvalue weighted by molar-refractivity contribution is 7.90. The second-order valence-electron chi connectivity index (χ2n) is 9.95. The Morgan fingerprint density at radius 3 is 2.54 bits per heavy atom. The third-order valence-corrected chi connectivity index (χ3v) is 7.24. The second kappa shape index (κ2) is 9.03. The summed E-state index contributed by atoms with van der Waals surface area (Å²) in [5, 5.41) is 4.42. The van der Waals surface area contributed by atoms with Crippen LogP contribution < -0.4 is 10.6 Å². The molecule has 0 radical (unpaired) electrons. The minimum absolute atomic E-state index is 0.0306. The van der Waals surface area contributed by atoms with Crippen LogP contribution in [0.15, 0.2) is 41.6 Å². The van der Waals surface area contributed by atoms with E-state index in [-0.39, 0.29) is 17.0 Å². The number of hydrogen-bond acceptors (Lipinski definition) is 8. The number of amides is 1. The van der Waals surface area contributed by atoms with Crippen molar-refractivity contribution in [1.29, 1.82) is 0 Å². The highest BCUT2D eigenvalue weighted by Gasteiger charge is 2.31. The molecule has 3 aromatic rings. The molecular weight excluding hydrogens is 468 g/mol. The molecule has 0 saturated carbocycles. The molecule has 0 spiro atoms. The van der Waals surface area contributed by atoms with Crippen LogP contribution >= 0.6 is 0 Å². The number of nitrogens with two attached hydrogens (primary N) is 1. The van der Waals surface area contributed by atoms with E-state index in [0.717, 1.165) is 36.3 Å². The van der Waals surface area contributed by atoms with Crippen LogP contribution in [-0.4, -0.2) is 72.0 Å². The molecule has 1 aliphatic heterocycles. The molecule has 4 rings (SSSR count). The monoisotopic (exact) mass is 500 g/mol. The molecule has 1 fully saturated rings. The topological polar surface area (TPSA) is 123 Å². The molecule has 1 saturated heterocycles. The Labute approximate surface area is 205 Å². The normalized spacial score (nSPS) is 16.9. The number of hydrogen-bond donors (Lipinski definition) is 1. The maximum Gasteiger partial charge on any atom is 0.410 e. The van der Waals surface area contributed by atoms with E-state index in [4.69, 9.17) is 10.5 Å². The van der Waals surface area contributed by atoms with Crippen molar-refractivity contribution >= 4 is 33.0 Å². The van der Waals surface area contributed by atoms with Gasteiger partial charge in [-0.1, -0.05) is 12.1 Å². The molecule has 2 N–H and O–H groups in total. The Bertz CT molecular complexity index is 1340. The van der Waals surface area contributed by atoms with Crippen LogP contribution in [0.2, 0.25) is 0 Å². The molecule has 3 heterocycles. The fourth-order valence-electron chi connectivity index (χ4n) is 4.34. The minimum atomic E-state index is -3.30. The zero-order chi connectivity index (χ0) is 25.5. The number of fused-ring (bicyclic) bond motifs is 1. The number of nitrogens with zero attached hydrogens (tertiary/aromatic N) is 5. The summed E-state index contributed by atoms with van der Waals surface area (Å²) in [6.07, 6.45) is 3.99. The maximum atomic E-state index is 12.7. The molecule has 11 heteroatoms. The molecule has 1 aromatic carbocycles. The average molecular weight is 501 g/mol. The fourth-order valence-corrected chi connectivity index (χ4v) is 4.97. The van der Waals surface area contributed by atoms with Gasteiger partial charge in [0.2, 0.25) is 0 Å². The average Bonchev–Trinajstić information content (AvgIpc) is 3.18. The van der Waals surface area contributed by atoms with E-state index in [1.165, 1.54) is 12.6 Å². The number of rotatable bonds is 4. The fraction of sp³-hybridized carbons (Fsp3) is 0.458. The highest BCUT2D eigenvalue weighted by Crippen LogP contribution is 2.36. The Morgan fingerprint density at radius 2 is 1.91 bits per heavy atom. The Morgan fingerprint density at radius 1 is 1.23 bits per heavy atom. The summed E-state index contributed by atoms with van der Waals surface area (Å²) < 4.78 is 31.0. The first-order valence-corrected chi connectivity index (χ1v) is 13.4. The van der Waals surface area contributed by atoms with Crippen molar-refractivity contribution in [2.75, 3.05) is 37.0 Å². The number of nitrogen functional groups attached to an aromatic ring is 1. The van der Waals surface area contributed by atoms with Crippen LogP contribution in [0, 0.1) is 0 Å². The summed E-state index contributed by atoms with van der Waals surface area (Å²) in [6.45, 7) is 6.96. The summed E-state index contributed by atoms with van der Waals surface area (Å²) in [4.78, 5) is 21.0. The van der Waals surface area contributed by atoms with Gasteiger partial charge in [-0.25, -0.2) is 22.7 Å². The van der Waals surface area contributed by atoms with Crippen molar-refractivity contribution in [1.82, 2.24) is 19.5 Å². The van der Waals surface area contributed by atoms with E-state index in [2.05, 4.69) is 15.0 Å².